The zero-order valence-corrected chi connectivity index (χ0v) is 13.8. The Labute approximate surface area is 133 Å². The van der Waals surface area contributed by atoms with Gasteiger partial charge in [0.1, 0.15) is 5.75 Å². The van der Waals surface area contributed by atoms with Crippen molar-refractivity contribution < 1.29 is 9.53 Å². The minimum atomic E-state index is 0.0489. The summed E-state index contributed by atoms with van der Waals surface area (Å²) in [4.78, 5) is 14.4. The average molecular weight is 304 g/mol. The van der Waals surface area contributed by atoms with Crippen LogP contribution in [-0.4, -0.2) is 36.0 Å². The molecule has 2 N–H and O–H groups in total. The Morgan fingerprint density at radius 2 is 2.27 bits per heavy atom. The number of likely N-dealkylation sites (tertiary alicyclic amines) is 1. The van der Waals surface area contributed by atoms with Crippen LogP contribution < -0.4 is 10.5 Å². The number of ether oxygens (including phenoxy) is 1. The summed E-state index contributed by atoms with van der Waals surface area (Å²) in [7, 11) is 0. The predicted molar refractivity (Wildman–Crippen MR) is 88.9 cm³/mol. The van der Waals surface area contributed by atoms with Crippen LogP contribution in [0.3, 0.4) is 0 Å². The maximum atomic E-state index is 12.4. The van der Waals surface area contributed by atoms with Crippen LogP contribution in [0.4, 0.5) is 0 Å². The minimum Gasteiger partial charge on any atom is -0.494 e. The van der Waals surface area contributed by atoms with Gasteiger partial charge in [0.2, 0.25) is 5.91 Å². The van der Waals surface area contributed by atoms with Gasteiger partial charge in [0.05, 0.1) is 6.61 Å². The summed E-state index contributed by atoms with van der Waals surface area (Å²) in [5, 5.41) is 0. The number of carbonyl (C=O) groups is 1. The Balaban J connectivity index is 1.75. The van der Waals surface area contributed by atoms with E-state index in [2.05, 4.69) is 0 Å². The van der Waals surface area contributed by atoms with E-state index in [1.165, 1.54) is 12.0 Å². The molecule has 122 valence electrons. The molecule has 0 aliphatic carbocycles. The van der Waals surface area contributed by atoms with E-state index >= 15 is 0 Å². The highest BCUT2D eigenvalue weighted by atomic mass is 16.5. The number of benzene rings is 1. The Morgan fingerprint density at radius 3 is 3.00 bits per heavy atom. The Bertz CT molecular complexity index is 488. The van der Waals surface area contributed by atoms with Crippen LogP contribution in [0.1, 0.15) is 44.6 Å². The van der Waals surface area contributed by atoms with Crippen LogP contribution in [0.25, 0.3) is 0 Å². The number of aryl methyl sites for hydroxylation is 1. The average Bonchev–Trinajstić information content (AvgIpc) is 2.51. The second-order valence-corrected chi connectivity index (χ2v) is 6.28. The van der Waals surface area contributed by atoms with Crippen molar-refractivity contribution in [3.05, 3.63) is 29.8 Å². The number of carbonyl (C=O) groups excluding carboxylic acids is 1. The molecule has 4 heteroatoms. The molecule has 22 heavy (non-hydrogen) atoms. The van der Waals surface area contributed by atoms with Crippen LogP contribution in [-0.2, 0) is 4.79 Å². The van der Waals surface area contributed by atoms with Gasteiger partial charge in [0.15, 0.2) is 0 Å². The quantitative estimate of drug-likeness (QED) is 0.822. The second kappa shape index (κ2) is 8.18. The third-order valence-corrected chi connectivity index (χ3v) is 4.27. The van der Waals surface area contributed by atoms with E-state index < -0.39 is 0 Å². The molecule has 2 atom stereocenters. The fourth-order valence-corrected chi connectivity index (χ4v) is 3.08. The van der Waals surface area contributed by atoms with Crippen molar-refractivity contribution in [3.63, 3.8) is 0 Å². The molecule has 2 unspecified atom stereocenters. The van der Waals surface area contributed by atoms with Gasteiger partial charge >= 0.3 is 0 Å². The van der Waals surface area contributed by atoms with Crippen LogP contribution >= 0.6 is 0 Å². The maximum Gasteiger partial charge on any atom is 0.222 e. The van der Waals surface area contributed by atoms with Gasteiger partial charge in [-0.2, -0.15) is 0 Å². The molecular formula is C18H28N2O2. The molecule has 1 amide bonds. The lowest BCUT2D eigenvalue weighted by atomic mass is 9.96. The minimum absolute atomic E-state index is 0.0489. The van der Waals surface area contributed by atoms with Crippen molar-refractivity contribution in [2.45, 2.75) is 58.0 Å². The lowest BCUT2D eigenvalue weighted by Gasteiger charge is -2.38. The van der Waals surface area contributed by atoms with Gasteiger partial charge in [-0.05, 0) is 57.2 Å². The normalized spacial score (nSPS) is 19.8. The summed E-state index contributed by atoms with van der Waals surface area (Å²) in [6.45, 7) is 5.47. The monoisotopic (exact) mass is 304 g/mol. The molecule has 2 rings (SSSR count). The molecular weight excluding hydrogens is 276 g/mol. The molecule has 0 aromatic heterocycles. The molecule has 1 aliphatic heterocycles. The SMILES string of the molecule is Cc1cccc(OCCCC(=O)N2CCCCC2C(C)N)c1. The van der Waals surface area contributed by atoms with Gasteiger partial charge < -0.3 is 15.4 Å². The molecule has 0 saturated carbocycles. The van der Waals surface area contributed by atoms with E-state index in [4.69, 9.17) is 10.5 Å². The Hall–Kier alpha value is -1.55. The van der Waals surface area contributed by atoms with E-state index in [1.807, 2.05) is 43.0 Å². The third-order valence-electron chi connectivity index (χ3n) is 4.27. The highest BCUT2D eigenvalue weighted by molar-refractivity contribution is 5.76. The van der Waals surface area contributed by atoms with Crippen molar-refractivity contribution in [2.75, 3.05) is 13.2 Å². The lowest BCUT2D eigenvalue weighted by Crippen LogP contribution is -2.51. The van der Waals surface area contributed by atoms with Gasteiger partial charge in [0.25, 0.3) is 0 Å². The molecule has 0 spiro atoms. The first-order chi connectivity index (χ1) is 10.6. The molecule has 1 fully saturated rings. The van der Waals surface area contributed by atoms with E-state index in [-0.39, 0.29) is 18.0 Å². The molecule has 1 heterocycles. The Morgan fingerprint density at radius 1 is 1.45 bits per heavy atom. The number of nitrogens with two attached hydrogens (primary N) is 1. The summed E-state index contributed by atoms with van der Waals surface area (Å²) < 4.78 is 5.70. The summed E-state index contributed by atoms with van der Waals surface area (Å²) >= 11 is 0. The first kappa shape index (κ1) is 16.8. The second-order valence-electron chi connectivity index (χ2n) is 6.28. The molecule has 0 radical (unpaired) electrons. The topological polar surface area (TPSA) is 55.6 Å². The Kier molecular flexibility index (Phi) is 6.25. The number of hydrogen-bond donors (Lipinski definition) is 1. The summed E-state index contributed by atoms with van der Waals surface area (Å²) in [5.41, 5.74) is 7.20. The lowest BCUT2D eigenvalue weighted by molar-refractivity contribution is -0.135. The zero-order valence-electron chi connectivity index (χ0n) is 13.8. The van der Waals surface area contributed by atoms with Crippen molar-refractivity contribution in [1.29, 1.82) is 0 Å². The van der Waals surface area contributed by atoms with E-state index in [1.54, 1.807) is 0 Å². The highest BCUT2D eigenvalue weighted by Crippen LogP contribution is 2.20. The van der Waals surface area contributed by atoms with Crippen LogP contribution in [0.2, 0.25) is 0 Å². The van der Waals surface area contributed by atoms with Crippen molar-refractivity contribution >= 4 is 5.91 Å². The molecule has 1 saturated heterocycles. The smallest absolute Gasteiger partial charge is 0.222 e. The number of piperidine rings is 1. The van der Waals surface area contributed by atoms with Crippen molar-refractivity contribution in [3.8, 4) is 5.75 Å². The number of rotatable bonds is 6. The van der Waals surface area contributed by atoms with Gasteiger partial charge in [-0.1, -0.05) is 12.1 Å². The summed E-state index contributed by atoms with van der Waals surface area (Å²) in [6.07, 6.45) is 4.58. The first-order valence-electron chi connectivity index (χ1n) is 8.32. The molecule has 1 aromatic carbocycles. The number of nitrogens with zero attached hydrogens (tertiary/aromatic N) is 1. The number of hydrogen-bond acceptors (Lipinski definition) is 3. The fraction of sp³-hybridized carbons (Fsp3) is 0.611. The van der Waals surface area contributed by atoms with E-state index in [9.17, 15) is 4.79 Å². The molecule has 0 bridgehead atoms. The van der Waals surface area contributed by atoms with Crippen LogP contribution in [0.5, 0.6) is 5.75 Å². The largest absolute Gasteiger partial charge is 0.494 e. The molecule has 4 nitrogen and oxygen atoms in total. The molecule has 1 aromatic rings. The predicted octanol–water partition coefficient (Wildman–Crippen LogP) is 2.88. The van der Waals surface area contributed by atoms with Crippen molar-refractivity contribution in [2.24, 2.45) is 5.73 Å². The van der Waals surface area contributed by atoms with Crippen LogP contribution in [0.15, 0.2) is 24.3 Å². The van der Waals surface area contributed by atoms with E-state index in [0.29, 0.717) is 13.0 Å². The van der Waals surface area contributed by atoms with Gasteiger partial charge in [-0.3, -0.25) is 4.79 Å². The van der Waals surface area contributed by atoms with Crippen molar-refractivity contribution in [1.82, 2.24) is 4.90 Å². The van der Waals surface area contributed by atoms with Gasteiger partial charge in [0, 0.05) is 25.0 Å². The summed E-state index contributed by atoms with van der Waals surface area (Å²) in [5.74, 6) is 1.09. The highest BCUT2D eigenvalue weighted by Gasteiger charge is 2.28. The summed E-state index contributed by atoms with van der Waals surface area (Å²) in [6, 6.07) is 8.24. The van der Waals surface area contributed by atoms with Gasteiger partial charge in [-0.25, -0.2) is 0 Å². The third kappa shape index (κ3) is 4.73. The zero-order chi connectivity index (χ0) is 15.9. The first-order valence-corrected chi connectivity index (χ1v) is 8.32. The fourth-order valence-electron chi connectivity index (χ4n) is 3.08. The molecule has 1 aliphatic rings. The number of amides is 1. The standard InChI is InChI=1S/C18H28N2O2/c1-14-7-5-8-16(13-14)22-12-6-10-18(21)20-11-4-3-9-17(20)15(2)19/h5,7-8,13,15,17H,3-4,6,9-12,19H2,1-2H3. The van der Waals surface area contributed by atoms with Crippen LogP contribution in [0, 0.1) is 6.92 Å². The maximum absolute atomic E-state index is 12.4. The van der Waals surface area contributed by atoms with E-state index in [0.717, 1.165) is 31.6 Å². The van der Waals surface area contributed by atoms with Gasteiger partial charge in [-0.15, -0.1) is 0 Å².